The quantitative estimate of drug-likeness (QED) is 0.659. The molecule has 0 spiro atoms. The Morgan fingerprint density at radius 1 is 1.37 bits per heavy atom. The van der Waals surface area contributed by atoms with Gasteiger partial charge >= 0.3 is 0 Å². The number of rotatable bonds is 3. The molecule has 0 radical (unpaired) electrons. The molecule has 4 heteroatoms. The van der Waals surface area contributed by atoms with Crippen molar-refractivity contribution in [2.45, 2.75) is 23.8 Å². The highest BCUT2D eigenvalue weighted by Crippen LogP contribution is 2.35. The van der Waals surface area contributed by atoms with Crippen molar-refractivity contribution in [3.8, 4) is 0 Å². The van der Waals surface area contributed by atoms with Gasteiger partial charge in [0.25, 0.3) is 0 Å². The second-order valence-electron chi connectivity index (χ2n) is 4.53. The molecule has 0 saturated carbocycles. The van der Waals surface area contributed by atoms with E-state index < -0.39 is 0 Å². The summed E-state index contributed by atoms with van der Waals surface area (Å²) in [6, 6.07) is 9.03. The van der Waals surface area contributed by atoms with Crippen LogP contribution in [0.2, 0.25) is 0 Å². The first kappa shape index (κ1) is 13.4. The van der Waals surface area contributed by atoms with E-state index in [-0.39, 0.29) is 0 Å². The normalized spacial score (nSPS) is 18.6. The molecule has 0 fully saturated rings. The summed E-state index contributed by atoms with van der Waals surface area (Å²) in [4.78, 5) is 6.24. The Morgan fingerprint density at radius 3 is 3.00 bits per heavy atom. The molecule has 1 unspecified atom stereocenters. The fourth-order valence-electron chi connectivity index (χ4n) is 2.40. The van der Waals surface area contributed by atoms with Crippen LogP contribution in [0.15, 0.2) is 49.4 Å². The highest BCUT2D eigenvalue weighted by molar-refractivity contribution is 9.10. The van der Waals surface area contributed by atoms with Crippen LogP contribution in [0.25, 0.3) is 0 Å². The van der Waals surface area contributed by atoms with Crippen LogP contribution in [0.1, 0.15) is 30.0 Å². The van der Waals surface area contributed by atoms with Crippen molar-refractivity contribution in [3.05, 3.63) is 50.6 Å². The van der Waals surface area contributed by atoms with Crippen LogP contribution in [0.3, 0.4) is 0 Å². The molecule has 98 valence electrons. The first-order valence-electron chi connectivity index (χ1n) is 6.20. The molecular weight excluding hydrogens is 338 g/mol. The lowest BCUT2D eigenvalue weighted by Gasteiger charge is -2.07. The van der Waals surface area contributed by atoms with Crippen molar-refractivity contribution in [2.75, 3.05) is 6.26 Å². The van der Waals surface area contributed by atoms with Gasteiger partial charge in [-0.05, 0) is 53.6 Å². The Morgan fingerprint density at radius 2 is 2.26 bits per heavy atom. The molecule has 0 bridgehead atoms. The van der Waals surface area contributed by atoms with Gasteiger partial charge in [0.05, 0.1) is 6.04 Å². The summed E-state index contributed by atoms with van der Waals surface area (Å²) in [6.07, 6.45) is 4.34. The zero-order valence-corrected chi connectivity index (χ0v) is 13.8. The number of thiophene rings is 1. The SMILES string of the molecule is CSc1cc(Br)ccc1C1=NC(c2ccsc2)CC1. The number of aliphatic imine (C=N–C) groups is 1. The van der Waals surface area contributed by atoms with Crippen molar-refractivity contribution >= 4 is 44.7 Å². The summed E-state index contributed by atoms with van der Waals surface area (Å²) in [7, 11) is 0. The lowest BCUT2D eigenvalue weighted by molar-refractivity contribution is 0.726. The molecule has 3 rings (SSSR count). The van der Waals surface area contributed by atoms with Gasteiger partial charge in [0, 0.05) is 20.6 Å². The van der Waals surface area contributed by atoms with Crippen LogP contribution >= 0.6 is 39.0 Å². The Hall–Kier alpha value is -0.580. The molecule has 0 aliphatic carbocycles. The Bertz CT molecular complexity index is 605. The molecule has 2 aromatic rings. The standard InChI is InChI=1S/C15H14BrNS2/c1-18-15-8-11(16)2-3-12(15)14-5-4-13(17-14)10-6-7-19-9-10/h2-3,6-9,13H,4-5H2,1H3. The molecule has 1 aromatic carbocycles. The third kappa shape index (κ3) is 2.81. The fraction of sp³-hybridized carbons (Fsp3) is 0.267. The smallest absolute Gasteiger partial charge is 0.0764 e. The largest absolute Gasteiger partial charge is 0.281 e. The van der Waals surface area contributed by atoms with Crippen molar-refractivity contribution in [2.24, 2.45) is 4.99 Å². The van der Waals surface area contributed by atoms with Crippen molar-refractivity contribution < 1.29 is 0 Å². The fourth-order valence-corrected chi connectivity index (χ4v) is 4.27. The second-order valence-corrected chi connectivity index (χ2v) is 7.08. The molecule has 0 amide bonds. The summed E-state index contributed by atoms with van der Waals surface area (Å²) in [5.74, 6) is 0. The third-order valence-electron chi connectivity index (χ3n) is 3.37. The molecule has 1 aliphatic rings. The van der Waals surface area contributed by atoms with Crippen molar-refractivity contribution in [1.82, 2.24) is 0 Å². The first-order chi connectivity index (χ1) is 9.28. The number of hydrogen-bond acceptors (Lipinski definition) is 3. The number of nitrogens with zero attached hydrogens (tertiary/aromatic N) is 1. The van der Waals surface area contributed by atoms with E-state index in [0.717, 1.165) is 17.3 Å². The molecule has 0 N–H and O–H groups in total. The molecule has 2 heterocycles. The number of benzene rings is 1. The third-order valence-corrected chi connectivity index (χ3v) is 5.34. The van der Waals surface area contributed by atoms with E-state index in [1.54, 1.807) is 23.1 Å². The first-order valence-corrected chi connectivity index (χ1v) is 9.16. The van der Waals surface area contributed by atoms with E-state index in [1.165, 1.54) is 21.7 Å². The Balaban J connectivity index is 1.93. The maximum Gasteiger partial charge on any atom is 0.0764 e. The van der Waals surface area contributed by atoms with E-state index >= 15 is 0 Å². The molecule has 1 nitrogen and oxygen atoms in total. The topological polar surface area (TPSA) is 12.4 Å². The van der Waals surface area contributed by atoms with E-state index in [2.05, 4.69) is 57.2 Å². The molecule has 1 aliphatic heterocycles. The van der Waals surface area contributed by atoms with E-state index in [0.29, 0.717) is 6.04 Å². The molecular formula is C15H14BrNS2. The van der Waals surface area contributed by atoms with Gasteiger partial charge < -0.3 is 0 Å². The average Bonchev–Trinajstić information content (AvgIpc) is 3.09. The molecule has 1 atom stereocenters. The molecule has 19 heavy (non-hydrogen) atoms. The molecule has 0 saturated heterocycles. The van der Waals surface area contributed by atoms with Crippen LogP contribution in [0, 0.1) is 0 Å². The average molecular weight is 352 g/mol. The summed E-state index contributed by atoms with van der Waals surface area (Å²) in [6.45, 7) is 0. The van der Waals surface area contributed by atoms with Crippen LogP contribution in [0.5, 0.6) is 0 Å². The lowest BCUT2D eigenvalue weighted by atomic mass is 10.1. The summed E-state index contributed by atoms with van der Waals surface area (Å²) >= 11 is 7.08. The minimum atomic E-state index is 0.361. The minimum absolute atomic E-state index is 0.361. The van der Waals surface area contributed by atoms with E-state index in [1.807, 2.05) is 0 Å². The number of thioether (sulfide) groups is 1. The van der Waals surface area contributed by atoms with Crippen LogP contribution in [0.4, 0.5) is 0 Å². The summed E-state index contributed by atoms with van der Waals surface area (Å²) in [5, 5.41) is 4.35. The minimum Gasteiger partial charge on any atom is -0.281 e. The van der Waals surface area contributed by atoms with Crippen molar-refractivity contribution in [3.63, 3.8) is 0 Å². The zero-order chi connectivity index (χ0) is 13.2. The highest BCUT2D eigenvalue weighted by Gasteiger charge is 2.21. The van der Waals surface area contributed by atoms with E-state index in [9.17, 15) is 0 Å². The second kappa shape index (κ2) is 5.81. The van der Waals surface area contributed by atoms with Gasteiger partial charge in [-0.25, -0.2) is 0 Å². The highest BCUT2D eigenvalue weighted by atomic mass is 79.9. The van der Waals surface area contributed by atoms with Gasteiger partial charge in [-0.3, -0.25) is 4.99 Å². The maximum atomic E-state index is 4.93. The predicted octanol–water partition coefficient (Wildman–Crippen LogP) is 5.56. The predicted molar refractivity (Wildman–Crippen MR) is 88.8 cm³/mol. The van der Waals surface area contributed by atoms with Gasteiger partial charge in [-0.15, -0.1) is 11.8 Å². The maximum absolute atomic E-state index is 4.93. The zero-order valence-electron chi connectivity index (χ0n) is 10.6. The van der Waals surface area contributed by atoms with Crippen LogP contribution < -0.4 is 0 Å². The van der Waals surface area contributed by atoms with Crippen LogP contribution in [-0.2, 0) is 0 Å². The van der Waals surface area contributed by atoms with Crippen molar-refractivity contribution in [1.29, 1.82) is 0 Å². The summed E-state index contributed by atoms with van der Waals surface area (Å²) in [5.41, 5.74) is 3.92. The number of halogens is 1. The Labute approximate surface area is 130 Å². The van der Waals surface area contributed by atoms with Gasteiger partial charge in [0.15, 0.2) is 0 Å². The monoisotopic (exact) mass is 351 g/mol. The Kier molecular flexibility index (Phi) is 4.10. The van der Waals surface area contributed by atoms with Gasteiger partial charge in [0.2, 0.25) is 0 Å². The summed E-state index contributed by atoms with van der Waals surface area (Å²) < 4.78 is 1.13. The van der Waals surface area contributed by atoms with Gasteiger partial charge in [-0.1, -0.05) is 22.0 Å². The van der Waals surface area contributed by atoms with Crippen LogP contribution in [-0.4, -0.2) is 12.0 Å². The van der Waals surface area contributed by atoms with Gasteiger partial charge in [0.1, 0.15) is 0 Å². The van der Waals surface area contributed by atoms with Gasteiger partial charge in [-0.2, -0.15) is 11.3 Å². The molecule has 1 aromatic heterocycles. The number of hydrogen-bond donors (Lipinski definition) is 0. The lowest BCUT2D eigenvalue weighted by Crippen LogP contribution is -1.98. The van der Waals surface area contributed by atoms with E-state index in [4.69, 9.17) is 4.99 Å².